The molecule has 1 aromatic carbocycles. The zero-order valence-electron chi connectivity index (χ0n) is 10.7. The van der Waals surface area contributed by atoms with E-state index < -0.39 is 0 Å². The van der Waals surface area contributed by atoms with Gasteiger partial charge in [-0.1, -0.05) is 31.0 Å². The Kier molecular flexibility index (Phi) is 4.12. The monoisotopic (exact) mass is 266 g/mol. The van der Waals surface area contributed by atoms with Crippen LogP contribution in [0.25, 0.3) is 0 Å². The SMILES string of the molecule is CCCC1CC(=O)N(Cc2c(N)cccc2Cl)C1. The molecule has 1 aliphatic rings. The van der Waals surface area contributed by atoms with Crippen LogP contribution in [0.2, 0.25) is 5.02 Å². The topological polar surface area (TPSA) is 46.3 Å². The summed E-state index contributed by atoms with van der Waals surface area (Å²) in [5.74, 6) is 0.707. The second kappa shape index (κ2) is 5.61. The molecule has 0 bridgehead atoms. The third-order valence-electron chi connectivity index (χ3n) is 3.50. The minimum absolute atomic E-state index is 0.216. The molecular weight excluding hydrogens is 248 g/mol. The van der Waals surface area contributed by atoms with Crippen molar-refractivity contribution in [2.75, 3.05) is 12.3 Å². The van der Waals surface area contributed by atoms with Gasteiger partial charge in [-0.3, -0.25) is 4.79 Å². The summed E-state index contributed by atoms with van der Waals surface area (Å²) < 4.78 is 0. The number of nitrogens with zero attached hydrogens (tertiary/aromatic N) is 1. The molecule has 1 unspecified atom stereocenters. The van der Waals surface area contributed by atoms with Crippen molar-refractivity contribution in [2.24, 2.45) is 5.92 Å². The Morgan fingerprint density at radius 2 is 2.28 bits per heavy atom. The number of nitrogen functional groups attached to an aromatic ring is 1. The first-order chi connectivity index (χ1) is 8.61. The summed E-state index contributed by atoms with van der Waals surface area (Å²) in [6, 6.07) is 5.47. The normalized spacial score (nSPS) is 19.6. The fourth-order valence-electron chi connectivity index (χ4n) is 2.54. The first-order valence-corrected chi connectivity index (χ1v) is 6.80. The zero-order chi connectivity index (χ0) is 13.1. The Bertz CT molecular complexity index is 427. The van der Waals surface area contributed by atoms with Crippen LogP contribution in [-0.4, -0.2) is 17.4 Å². The molecule has 0 aliphatic carbocycles. The van der Waals surface area contributed by atoms with Crippen molar-refractivity contribution in [3.05, 3.63) is 28.8 Å². The molecule has 1 fully saturated rings. The Balaban J connectivity index is 2.08. The predicted octanol–water partition coefficient (Wildman–Crippen LogP) is 3.07. The van der Waals surface area contributed by atoms with Crippen molar-refractivity contribution in [3.8, 4) is 0 Å². The Morgan fingerprint density at radius 1 is 1.50 bits per heavy atom. The molecule has 4 heteroatoms. The van der Waals surface area contributed by atoms with E-state index in [-0.39, 0.29) is 5.91 Å². The molecule has 2 N–H and O–H groups in total. The Labute approximate surface area is 113 Å². The summed E-state index contributed by atoms with van der Waals surface area (Å²) in [6.07, 6.45) is 2.90. The summed E-state index contributed by atoms with van der Waals surface area (Å²) in [5, 5.41) is 0.641. The molecule has 1 heterocycles. The fraction of sp³-hybridized carbons (Fsp3) is 0.500. The van der Waals surface area contributed by atoms with E-state index in [9.17, 15) is 4.79 Å². The summed E-state index contributed by atoms with van der Waals surface area (Å²) in [5.41, 5.74) is 7.44. The van der Waals surface area contributed by atoms with E-state index in [4.69, 9.17) is 17.3 Å². The third kappa shape index (κ3) is 2.78. The smallest absolute Gasteiger partial charge is 0.223 e. The maximum absolute atomic E-state index is 11.9. The molecule has 1 aliphatic heterocycles. The van der Waals surface area contributed by atoms with Gasteiger partial charge < -0.3 is 10.6 Å². The maximum atomic E-state index is 11.9. The minimum atomic E-state index is 0.216. The van der Waals surface area contributed by atoms with Gasteiger partial charge in [-0.2, -0.15) is 0 Å². The summed E-state index contributed by atoms with van der Waals surface area (Å²) >= 11 is 6.14. The van der Waals surface area contributed by atoms with Gasteiger partial charge in [0.2, 0.25) is 5.91 Å². The first kappa shape index (κ1) is 13.2. The largest absolute Gasteiger partial charge is 0.398 e. The molecule has 3 nitrogen and oxygen atoms in total. The lowest BCUT2D eigenvalue weighted by Crippen LogP contribution is -2.25. The van der Waals surface area contributed by atoms with Gasteiger partial charge in [-0.15, -0.1) is 0 Å². The van der Waals surface area contributed by atoms with E-state index in [1.165, 1.54) is 0 Å². The van der Waals surface area contributed by atoms with E-state index in [1.54, 1.807) is 0 Å². The summed E-state index contributed by atoms with van der Waals surface area (Å²) in [6.45, 7) is 3.51. The van der Waals surface area contributed by atoms with Crippen LogP contribution in [0.1, 0.15) is 31.7 Å². The molecule has 1 aromatic rings. The van der Waals surface area contributed by atoms with Crippen LogP contribution in [0.5, 0.6) is 0 Å². The molecule has 1 saturated heterocycles. The van der Waals surface area contributed by atoms with Gasteiger partial charge in [0, 0.05) is 35.8 Å². The number of hydrogen-bond acceptors (Lipinski definition) is 2. The van der Waals surface area contributed by atoms with Gasteiger partial charge >= 0.3 is 0 Å². The second-order valence-electron chi connectivity index (χ2n) is 4.94. The number of amides is 1. The molecule has 0 aromatic heterocycles. The Hall–Kier alpha value is -1.22. The van der Waals surface area contributed by atoms with Crippen molar-refractivity contribution in [1.82, 2.24) is 4.90 Å². The van der Waals surface area contributed by atoms with Crippen molar-refractivity contribution in [3.63, 3.8) is 0 Å². The molecule has 1 amide bonds. The van der Waals surface area contributed by atoms with Crippen molar-refractivity contribution < 1.29 is 4.79 Å². The highest BCUT2D eigenvalue weighted by Gasteiger charge is 2.29. The predicted molar refractivity (Wildman–Crippen MR) is 74.3 cm³/mol. The van der Waals surface area contributed by atoms with E-state index in [0.717, 1.165) is 24.9 Å². The number of carbonyl (C=O) groups is 1. The molecule has 2 rings (SSSR count). The molecule has 1 atom stereocenters. The van der Waals surface area contributed by atoms with Gasteiger partial charge in [0.1, 0.15) is 0 Å². The molecule has 18 heavy (non-hydrogen) atoms. The summed E-state index contributed by atoms with van der Waals surface area (Å²) in [7, 11) is 0. The number of carbonyl (C=O) groups excluding carboxylic acids is 1. The van der Waals surface area contributed by atoms with Crippen LogP contribution in [0, 0.1) is 5.92 Å². The number of benzene rings is 1. The third-order valence-corrected chi connectivity index (χ3v) is 3.85. The van der Waals surface area contributed by atoms with Gasteiger partial charge in [0.25, 0.3) is 0 Å². The Morgan fingerprint density at radius 3 is 2.94 bits per heavy atom. The van der Waals surface area contributed by atoms with Gasteiger partial charge in [-0.05, 0) is 24.5 Å². The van der Waals surface area contributed by atoms with Crippen LogP contribution in [0.4, 0.5) is 5.69 Å². The average molecular weight is 267 g/mol. The lowest BCUT2D eigenvalue weighted by atomic mass is 10.0. The van der Waals surface area contributed by atoms with Crippen LogP contribution in [0.15, 0.2) is 18.2 Å². The van der Waals surface area contributed by atoms with Crippen LogP contribution < -0.4 is 5.73 Å². The standard InChI is InChI=1S/C14H19ClN2O/c1-2-4-10-7-14(18)17(8-10)9-11-12(15)5-3-6-13(11)16/h3,5-6,10H,2,4,7-9,16H2,1H3. The van der Waals surface area contributed by atoms with Gasteiger partial charge in [0.05, 0.1) is 0 Å². The van der Waals surface area contributed by atoms with E-state index in [0.29, 0.717) is 29.6 Å². The molecule has 0 spiro atoms. The number of likely N-dealkylation sites (tertiary alicyclic amines) is 1. The molecule has 0 saturated carbocycles. The lowest BCUT2D eigenvalue weighted by Gasteiger charge is -2.18. The van der Waals surface area contributed by atoms with Gasteiger partial charge in [0.15, 0.2) is 0 Å². The van der Waals surface area contributed by atoms with E-state index in [2.05, 4.69) is 6.92 Å². The maximum Gasteiger partial charge on any atom is 0.223 e. The number of anilines is 1. The highest BCUT2D eigenvalue weighted by molar-refractivity contribution is 6.31. The lowest BCUT2D eigenvalue weighted by molar-refractivity contribution is -0.128. The zero-order valence-corrected chi connectivity index (χ0v) is 11.4. The molecule has 98 valence electrons. The van der Waals surface area contributed by atoms with Crippen LogP contribution >= 0.6 is 11.6 Å². The first-order valence-electron chi connectivity index (χ1n) is 6.42. The summed E-state index contributed by atoms with van der Waals surface area (Å²) in [4.78, 5) is 13.8. The quantitative estimate of drug-likeness (QED) is 0.852. The highest BCUT2D eigenvalue weighted by atomic mass is 35.5. The number of rotatable bonds is 4. The van der Waals surface area contributed by atoms with Gasteiger partial charge in [-0.25, -0.2) is 0 Å². The molecular formula is C14H19ClN2O. The fourth-order valence-corrected chi connectivity index (χ4v) is 2.78. The van der Waals surface area contributed by atoms with Crippen LogP contribution in [0.3, 0.4) is 0 Å². The van der Waals surface area contributed by atoms with E-state index in [1.807, 2.05) is 23.1 Å². The van der Waals surface area contributed by atoms with E-state index >= 15 is 0 Å². The average Bonchev–Trinajstić information content (AvgIpc) is 2.65. The molecule has 0 radical (unpaired) electrons. The van der Waals surface area contributed by atoms with Crippen molar-refractivity contribution in [2.45, 2.75) is 32.7 Å². The second-order valence-corrected chi connectivity index (χ2v) is 5.35. The number of nitrogens with two attached hydrogens (primary N) is 1. The minimum Gasteiger partial charge on any atom is -0.398 e. The van der Waals surface area contributed by atoms with Crippen molar-refractivity contribution >= 4 is 23.2 Å². The van der Waals surface area contributed by atoms with Crippen molar-refractivity contribution in [1.29, 1.82) is 0 Å². The number of halogens is 1. The van der Waals surface area contributed by atoms with Crippen LogP contribution in [-0.2, 0) is 11.3 Å². The number of hydrogen-bond donors (Lipinski definition) is 1. The highest BCUT2D eigenvalue weighted by Crippen LogP contribution is 2.28.